The molecule has 6 heteroatoms. The maximum absolute atomic E-state index is 12.5. The minimum absolute atomic E-state index is 0.00809. The van der Waals surface area contributed by atoms with Crippen molar-refractivity contribution in [1.82, 2.24) is 4.98 Å². The van der Waals surface area contributed by atoms with Gasteiger partial charge in [-0.05, 0) is 72.9 Å². The van der Waals surface area contributed by atoms with Crippen LogP contribution in [0.1, 0.15) is 43.7 Å². The Labute approximate surface area is 203 Å². The Morgan fingerprint density at radius 1 is 1.03 bits per heavy atom. The third-order valence-corrected chi connectivity index (χ3v) is 8.24. The van der Waals surface area contributed by atoms with Crippen molar-refractivity contribution in [3.63, 3.8) is 0 Å². The third-order valence-electron chi connectivity index (χ3n) is 5.83. The summed E-state index contributed by atoms with van der Waals surface area (Å²) in [6.45, 7) is 2.14. The lowest BCUT2D eigenvalue weighted by Gasteiger charge is -2.16. The summed E-state index contributed by atoms with van der Waals surface area (Å²) in [5, 5.41) is 3.03. The molecule has 1 N–H and O–H groups in total. The second-order valence-corrected chi connectivity index (χ2v) is 11.4. The van der Waals surface area contributed by atoms with E-state index in [1.165, 1.54) is 10.5 Å². The summed E-state index contributed by atoms with van der Waals surface area (Å²) in [5.74, 6) is 1.78. The minimum atomic E-state index is 0.00809. The fourth-order valence-electron chi connectivity index (χ4n) is 3.76. The zero-order chi connectivity index (χ0) is 22.7. The number of thioether (sulfide) groups is 2. The van der Waals surface area contributed by atoms with Gasteiger partial charge in [0.15, 0.2) is 0 Å². The van der Waals surface area contributed by atoms with E-state index in [-0.39, 0.29) is 10.7 Å². The van der Waals surface area contributed by atoms with Crippen LogP contribution in [0.4, 0.5) is 5.69 Å². The van der Waals surface area contributed by atoms with Gasteiger partial charge in [0.25, 0.3) is 0 Å². The number of anilines is 1. The fraction of sp³-hybridized carbons (Fsp3) is 0.333. The van der Waals surface area contributed by atoms with E-state index in [0.29, 0.717) is 12.5 Å². The van der Waals surface area contributed by atoms with Gasteiger partial charge in [0.2, 0.25) is 11.8 Å². The van der Waals surface area contributed by atoms with Crippen LogP contribution < -0.4 is 10.1 Å². The largest absolute Gasteiger partial charge is 0.474 e. The van der Waals surface area contributed by atoms with E-state index < -0.39 is 0 Å². The first-order valence-corrected chi connectivity index (χ1v) is 13.4. The average Bonchev–Trinajstić information content (AvgIpc) is 3.75. The van der Waals surface area contributed by atoms with E-state index in [2.05, 4.69) is 47.6 Å². The Bertz CT molecular complexity index is 1090. The maximum Gasteiger partial charge on any atom is 0.228 e. The van der Waals surface area contributed by atoms with Crippen molar-refractivity contribution in [2.24, 2.45) is 0 Å². The van der Waals surface area contributed by atoms with Crippen molar-refractivity contribution in [1.29, 1.82) is 0 Å². The number of carbonyl (C=O) groups is 1. The van der Waals surface area contributed by atoms with E-state index in [9.17, 15) is 4.79 Å². The number of aromatic nitrogens is 1. The fourth-order valence-corrected chi connectivity index (χ4v) is 5.67. The second kappa shape index (κ2) is 9.82. The highest BCUT2D eigenvalue weighted by atomic mass is 32.2. The highest BCUT2D eigenvalue weighted by Crippen LogP contribution is 2.59. The number of rotatable bonds is 10. The number of hydrogen-bond donors (Lipinski definition) is 1. The summed E-state index contributed by atoms with van der Waals surface area (Å²) in [6, 6.07) is 20.6. The molecule has 2 fully saturated rings. The molecule has 33 heavy (non-hydrogen) atoms. The topological polar surface area (TPSA) is 51.2 Å². The molecule has 1 aromatic heterocycles. The number of carbonyl (C=O) groups excluding carboxylic acids is 1. The highest BCUT2D eigenvalue weighted by molar-refractivity contribution is 8.00. The Morgan fingerprint density at radius 2 is 1.76 bits per heavy atom. The van der Waals surface area contributed by atoms with Crippen molar-refractivity contribution in [3.8, 4) is 5.88 Å². The van der Waals surface area contributed by atoms with Crippen molar-refractivity contribution < 1.29 is 9.53 Å². The predicted octanol–water partition coefficient (Wildman–Crippen LogP) is 6.70. The monoisotopic (exact) mass is 476 g/mol. The van der Waals surface area contributed by atoms with Gasteiger partial charge in [0, 0.05) is 32.5 Å². The number of benzene rings is 2. The van der Waals surface area contributed by atoms with E-state index in [0.717, 1.165) is 53.5 Å². The number of amides is 1. The van der Waals surface area contributed by atoms with E-state index in [1.54, 1.807) is 0 Å². The molecule has 2 aromatic carbocycles. The summed E-state index contributed by atoms with van der Waals surface area (Å²) in [6.07, 6.45) is 7.25. The predicted molar refractivity (Wildman–Crippen MR) is 136 cm³/mol. The van der Waals surface area contributed by atoms with E-state index in [1.807, 2.05) is 60.1 Å². The lowest BCUT2D eigenvalue weighted by Crippen LogP contribution is -2.14. The quantitative estimate of drug-likeness (QED) is 0.330. The molecule has 1 amide bonds. The van der Waals surface area contributed by atoms with Gasteiger partial charge in [-0.25, -0.2) is 4.98 Å². The van der Waals surface area contributed by atoms with Crippen LogP contribution in [0, 0.1) is 0 Å². The van der Waals surface area contributed by atoms with Crippen LogP contribution >= 0.6 is 23.5 Å². The van der Waals surface area contributed by atoms with Gasteiger partial charge in [-0.15, -0.1) is 23.5 Å². The Morgan fingerprint density at radius 3 is 2.36 bits per heavy atom. The van der Waals surface area contributed by atoms with Gasteiger partial charge < -0.3 is 10.1 Å². The molecule has 0 spiro atoms. The first kappa shape index (κ1) is 22.4. The summed E-state index contributed by atoms with van der Waals surface area (Å²) < 4.78 is 5.86. The van der Waals surface area contributed by atoms with Crippen molar-refractivity contribution in [2.75, 3.05) is 11.1 Å². The average molecular weight is 477 g/mol. The van der Waals surface area contributed by atoms with Gasteiger partial charge in [-0.2, -0.15) is 0 Å². The lowest BCUT2D eigenvalue weighted by atomic mass is 10.1. The molecule has 0 unspecified atom stereocenters. The Hall–Kier alpha value is -2.44. The normalized spacial score (nSPS) is 16.3. The molecule has 0 atom stereocenters. The van der Waals surface area contributed by atoms with Gasteiger partial charge in [-0.3, -0.25) is 4.79 Å². The summed E-state index contributed by atoms with van der Waals surface area (Å²) >= 11 is 3.68. The first-order chi connectivity index (χ1) is 16.1. The molecule has 1 heterocycles. The molecule has 0 aliphatic heterocycles. The smallest absolute Gasteiger partial charge is 0.228 e. The minimum Gasteiger partial charge on any atom is -0.474 e. The van der Waals surface area contributed by atoms with Gasteiger partial charge in [0.1, 0.15) is 6.10 Å². The SMILES string of the molecule is CCSc1ccc(CC(=O)Nc2ccc(C3(Sc4ccc(OC5CC5)nc4)CC3)cc2)cc1. The van der Waals surface area contributed by atoms with Crippen LogP contribution in [-0.4, -0.2) is 22.7 Å². The molecule has 3 aromatic rings. The van der Waals surface area contributed by atoms with Crippen molar-refractivity contribution in [3.05, 3.63) is 78.0 Å². The zero-order valence-electron chi connectivity index (χ0n) is 18.8. The van der Waals surface area contributed by atoms with E-state index in [4.69, 9.17) is 4.74 Å². The Balaban J connectivity index is 1.16. The molecule has 0 radical (unpaired) electrons. The van der Waals surface area contributed by atoms with E-state index >= 15 is 0 Å². The molecule has 2 aliphatic rings. The molecule has 5 rings (SSSR count). The molecule has 0 bridgehead atoms. The summed E-state index contributed by atoms with van der Waals surface area (Å²) in [5.41, 5.74) is 3.17. The lowest BCUT2D eigenvalue weighted by molar-refractivity contribution is -0.115. The number of pyridine rings is 1. The van der Waals surface area contributed by atoms with Gasteiger partial charge in [0.05, 0.1) is 6.42 Å². The van der Waals surface area contributed by atoms with Crippen LogP contribution in [0.15, 0.2) is 76.7 Å². The summed E-state index contributed by atoms with van der Waals surface area (Å²) in [4.78, 5) is 19.4. The van der Waals surface area contributed by atoms with Crippen LogP contribution in [0.3, 0.4) is 0 Å². The van der Waals surface area contributed by atoms with Crippen LogP contribution in [-0.2, 0) is 16.0 Å². The molecule has 2 aliphatic carbocycles. The Kier molecular flexibility index (Phi) is 6.65. The van der Waals surface area contributed by atoms with Crippen molar-refractivity contribution >= 4 is 35.1 Å². The van der Waals surface area contributed by atoms with Crippen LogP contribution in [0.25, 0.3) is 0 Å². The maximum atomic E-state index is 12.5. The molecular formula is C27H28N2O2S2. The van der Waals surface area contributed by atoms with Gasteiger partial charge >= 0.3 is 0 Å². The molecule has 0 saturated heterocycles. The first-order valence-electron chi connectivity index (χ1n) is 11.6. The number of hydrogen-bond acceptors (Lipinski definition) is 5. The number of ether oxygens (including phenoxy) is 1. The zero-order valence-corrected chi connectivity index (χ0v) is 20.4. The van der Waals surface area contributed by atoms with Gasteiger partial charge in [-0.1, -0.05) is 31.2 Å². The number of nitrogens with zero attached hydrogens (tertiary/aromatic N) is 1. The second-order valence-electron chi connectivity index (χ2n) is 8.62. The van der Waals surface area contributed by atoms with Crippen LogP contribution in [0.5, 0.6) is 5.88 Å². The molecule has 170 valence electrons. The third kappa shape index (κ3) is 5.92. The molecule has 2 saturated carbocycles. The van der Waals surface area contributed by atoms with Crippen molar-refractivity contribution in [2.45, 2.75) is 59.7 Å². The molecular weight excluding hydrogens is 448 g/mol. The standard InChI is InChI=1S/C27H28N2O2S2/c1-2-32-23-11-3-19(4-12-23)17-25(30)29-21-7-5-20(6-8-21)27(15-16-27)33-24-13-14-26(28-18-24)31-22-9-10-22/h3-8,11-14,18,22H,2,9-10,15-17H2,1H3,(H,29,30). The summed E-state index contributed by atoms with van der Waals surface area (Å²) in [7, 11) is 0. The van der Waals surface area contributed by atoms with Crippen LogP contribution in [0.2, 0.25) is 0 Å². The molecule has 4 nitrogen and oxygen atoms in total. The highest BCUT2D eigenvalue weighted by Gasteiger charge is 2.45. The number of nitrogens with one attached hydrogen (secondary N) is 1.